The molecule has 0 aliphatic rings. The number of halogens is 2. The number of guanidine groups is 1. The molecule has 1 aromatic carbocycles. The van der Waals surface area contributed by atoms with Gasteiger partial charge in [-0.3, -0.25) is 0 Å². The fourth-order valence-electron chi connectivity index (χ4n) is 1.39. The van der Waals surface area contributed by atoms with Crippen LogP contribution in [-0.4, -0.2) is 25.7 Å². The molecule has 0 saturated carbocycles. The molecule has 0 saturated heterocycles. The molecule has 3 N–H and O–H groups in total. The summed E-state index contributed by atoms with van der Waals surface area (Å²) in [6, 6.07) is 7.61. The maximum Gasteiger partial charge on any atom is 0.188 e. The number of aliphatic imine (C=N–C) groups is 1. The third kappa shape index (κ3) is 8.28. The summed E-state index contributed by atoms with van der Waals surface area (Å²) in [4.78, 5) is 4.23. The minimum atomic E-state index is 0. The van der Waals surface area contributed by atoms with E-state index in [1.54, 1.807) is 0 Å². The van der Waals surface area contributed by atoms with Crippen molar-refractivity contribution in [2.45, 2.75) is 19.9 Å². The molecule has 0 radical (unpaired) electrons. The topological polar surface area (TPSA) is 59.6 Å². The second-order valence-electron chi connectivity index (χ2n) is 3.77. The lowest BCUT2D eigenvalue weighted by Gasteiger charge is -2.06. The van der Waals surface area contributed by atoms with Gasteiger partial charge in [0.05, 0.1) is 6.54 Å². The van der Waals surface area contributed by atoms with E-state index in [9.17, 15) is 0 Å². The van der Waals surface area contributed by atoms with Gasteiger partial charge in [0.15, 0.2) is 5.96 Å². The van der Waals surface area contributed by atoms with Crippen LogP contribution in [0.2, 0.25) is 5.02 Å². The van der Waals surface area contributed by atoms with E-state index in [-0.39, 0.29) is 24.0 Å². The number of nitrogens with two attached hydrogens (primary N) is 1. The first-order valence-electron chi connectivity index (χ1n) is 6.09. The highest BCUT2D eigenvalue weighted by atomic mass is 127. The lowest BCUT2D eigenvalue weighted by molar-refractivity contribution is 0.145. The SMILES string of the molecule is CCOCCCNC(N)=NCc1ccccc1Cl.I. The Hall–Kier alpha value is -0.530. The minimum Gasteiger partial charge on any atom is -0.382 e. The predicted octanol–water partition coefficient (Wildman–Crippen LogP) is 2.79. The number of rotatable bonds is 7. The van der Waals surface area contributed by atoms with Crippen LogP contribution in [0.4, 0.5) is 0 Å². The van der Waals surface area contributed by atoms with Crippen LogP contribution >= 0.6 is 35.6 Å². The summed E-state index contributed by atoms with van der Waals surface area (Å²) < 4.78 is 5.22. The van der Waals surface area contributed by atoms with Crippen LogP contribution in [0.15, 0.2) is 29.3 Å². The molecule has 0 bridgehead atoms. The summed E-state index contributed by atoms with van der Waals surface area (Å²) in [5, 5.41) is 3.75. The molecular formula is C13H21ClIN3O. The predicted molar refractivity (Wildman–Crippen MR) is 91.3 cm³/mol. The van der Waals surface area contributed by atoms with E-state index in [1.807, 2.05) is 31.2 Å². The first kappa shape index (κ1) is 18.5. The van der Waals surface area contributed by atoms with E-state index in [0.717, 1.165) is 31.7 Å². The standard InChI is InChI=1S/C13H20ClN3O.HI/c1-2-18-9-5-8-16-13(15)17-10-11-6-3-4-7-12(11)14;/h3-4,6-7H,2,5,8-10H2,1H3,(H3,15,16,17);1H. The fraction of sp³-hybridized carbons (Fsp3) is 0.462. The highest BCUT2D eigenvalue weighted by Crippen LogP contribution is 2.15. The molecule has 0 fully saturated rings. The van der Waals surface area contributed by atoms with Crippen molar-refractivity contribution in [2.24, 2.45) is 10.7 Å². The van der Waals surface area contributed by atoms with E-state index in [2.05, 4.69) is 10.3 Å². The van der Waals surface area contributed by atoms with Gasteiger partial charge in [0.1, 0.15) is 0 Å². The second-order valence-corrected chi connectivity index (χ2v) is 4.18. The Balaban J connectivity index is 0.00000324. The second kappa shape index (κ2) is 11.3. The Morgan fingerprint density at radius 3 is 2.84 bits per heavy atom. The number of hydrogen-bond donors (Lipinski definition) is 2. The first-order chi connectivity index (χ1) is 8.74. The van der Waals surface area contributed by atoms with Crippen molar-refractivity contribution in [2.75, 3.05) is 19.8 Å². The Labute approximate surface area is 136 Å². The van der Waals surface area contributed by atoms with Gasteiger partial charge in [-0.25, -0.2) is 4.99 Å². The van der Waals surface area contributed by atoms with Crippen LogP contribution in [0.1, 0.15) is 18.9 Å². The minimum absolute atomic E-state index is 0. The molecule has 0 aromatic heterocycles. The number of nitrogens with zero attached hydrogens (tertiary/aromatic N) is 1. The molecule has 0 aliphatic carbocycles. The number of benzene rings is 1. The number of hydrogen-bond acceptors (Lipinski definition) is 2. The molecule has 4 nitrogen and oxygen atoms in total. The molecule has 1 rings (SSSR count). The van der Waals surface area contributed by atoms with Gasteiger partial charge < -0.3 is 15.8 Å². The zero-order valence-electron chi connectivity index (χ0n) is 11.1. The summed E-state index contributed by atoms with van der Waals surface area (Å²) >= 11 is 6.02. The Kier molecular flexibility index (Phi) is 11.0. The Morgan fingerprint density at radius 2 is 2.16 bits per heavy atom. The zero-order chi connectivity index (χ0) is 13.2. The highest BCUT2D eigenvalue weighted by molar-refractivity contribution is 14.0. The molecule has 108 valence electrons. The molecule has 19 heavy (non-hydrogen) atoms. The van der Waals surface area contributed by atoms with E-state index in [1.165, 1.54) is 0 Å². The van der Waals surface area contributed by atoms with Crippen LogP contribution in [0.25, 0.3) is 0 Å². The molecule has 6 heteroatoms. The van der Waals surface area contributed by atoms with E-state index in [4.69, 9.17) is 22.1 Å². The fourth-order valence-corrected chi connectivity index (χ4v) is 1.58. The normalized spacial score (nSPS) is 10.9. The van der Waals surface area contributed by atoms with Gasteiger partial charge >= 0.3 is 0 Å². The van der Waals surface area contributed by atoms with Crippen LogP contribution in [0.3, 0.4) is 0 Å². The van der Waals surface area contributed by atoms with Crippen molar-refractivity contribution in [3.8, 4) is 0 Å². The summed E-state index contributed by atoms with van der Waals surface area (Å²) in [7, 11) is 0. The van der Waals surface area contributed by atoms with E-state index in [0.29, 0.717) is 17.5 Å². The summed E-state index contributed by atoms with van der Waals surface area (Å²) in [6.07, 6.45) is 0.913. The monoisotopic (exact) mass is 397 g/mol. The van der Waals surface area contributed by atoms with Crippen molar-refractivity contribution in [3.05, 3.63) is 34.9 Å². The van der Waals surface area contributed by atoms with Gasteiger partial charge in [0.2, 0.25) is 0 Å². The molecule has 0 amide bonds. The quantitative estimate of drug-likeness (QED) is 0.322. The number of nitrogens with one attached hydrogen (secondary N) is 1. The molecule has 0 unspecified atom stereocenters. The lowest BCUT2D eigenvalue weighted by atomic mass is 10.2. The van der Waals surface area contributed by atoms with Crippen LogP contribution in [-0.2, 0) is 11.3 Å². The average Bonchev–Trinajstić information content (AvgIpc) is 2.37. The maximum atomic E-state index is 6.02. The van der Waals surface area contributed by atoms with Crippen LogP contribution in [0.5, 0.6) is 0 Å². The van der Waals surface area contributed by atoms with Crippen molar-refractivity contribution in [3.63, 3.8) is 0 Å². The van der Waals surface area contributed by atoms with Crippen LogP contribution < -0.4 is 11.1 Å². The molecule has 0 heterocycles. The van der Waals surface area contributed by atoms with E-state index < -0.39 is 0 Å². The Morgan fingerprint density at radius 1 is 1.42 bits per heavy atom. The lowest BCUT2D eigenvalue weighted by Crippen LogP contribution is -2.32. The third-order valence-corrected chi connectivity index (χ3v) is 2.72. The maximum absolute atomic E-state index is 6.02. The molecule has 1 aromatic rings. The van der Waals surface area contributed by atoms with Crippen LogP contribution in [0, 0.1) is 0 Å². The largest absolute Gasteiger partial charge is 0.382 e. The summed E-state index contributed by atoms with van der Waals surface area (Å²) in [5.74, 6) is 0.436. The Bertz CT molecular complexity index is 388. The van der Waals surface area contributed by atoms with Gasteiger partial charge in [0, 0.05) is 24.8 Å². The average molecular weight is 398 g/mol. The number of ether oxygens (including phenoxy) is 1. The van der Waals surface area contributed by atoms with Gasteiger partial charge in [-0.1, -0.05) is 29.8 Å². The molecular weight excluding hydrogens is 377 g/mol. The van der Waals surface area contributed by atoms with Crippen molar-refractivity contribution >= 4 is 41.5 Å². The summed E-state index contributed by atoms with van der Waals surface area (Å²) in [6.45, 7) is 4.71. The van der Waals surface area contributed by atoms with Crippen molar-refractivity contribution in [1.82, 2.24) is 5.32 Å². The van der Waals surface area contributed by atoms with Gasteiger partial charge in [-0.05, 0) is 25.0 Å². The zero-order valence-corrected chi connectivity index (χ0v) is 14.2. The summed E-state index contributed by atoms with van der Waals surface area (Å²) in [5.41, 5.74) is 6.71. The van der Waals surface area contributed by atoms with E-state index >= 15 is 0 Å². The molecule has 0 aliphatic heterocycles. The van der Waals surface area contributed by atoms with Gasteiger partial charge in [-0.15, -0.1) is 24.0 Å². The van der Waals surface area contributed by atoms with Gasteiger partial charge in [-0.2, -0.15) is 0 Å². The first-order valence-corrected chi connectivity index (χ1v) is 6.46. The third-order valence-electron chi connectivity index (χ3n) is 2.35. The molecule has 0 atom stereocenters. The smallest absolute Gasteiger partial charge is 0.188 e. The molecule has 0 spiro atoms. The van der Waals surface area contributed by atoms with Crippen molar-refractivity contribution in [1.29, 1.82) is 0 Å². The van der Waals surface area contributed by atoms with Crippen molar-refractivity contribution < 1.29 is 4.74 Å². The van der Waals surface area contributed by atoms with Gasteiger partial charge in [0.25, 0.3) is 0 Å². The highest BCUT2D eigenvalue weighted by Gasteiger charge is 1.97.